The topological polar surface area (TPSA) is 188 Å². The molecule has 15 heteroatoms. The molecular weight excluding hydrogens is 432 g/mol. The molecule has 1 aromatic carbocycles. The van der Waals surface area contributed by atoms with Crippen LogP contribution >= 0.6 is 10.8 Å². The summed E-state index contributed by atoms with van der Waals surface area (Å²) in [5.41, 5.74) is 8.36. The monoisotopic (exact) mass is 448 g/mol. The normalized spacial score (nSPS) is 10.5. The lowest BCUT2D eigenvalue weighted by atomic mass is 10.2. The Hall–Kier alpha value is -3.03. The molecule has 1 aromatic rings. The van der Waals surface area contributed by atoms with Crippen LogP contribution < -0.4 is 4.74 Å². The van der Waals surface area contributed by atoms with E-state index in [-0.39, 0.29) is 48.8 Å². The van der Waals surface area contributed by atoms with Crippen molar-refractivity contribution in [1.29, 1.82) is 0 Å². The highest BCUT2D eigenvalue weighted by Gasteiger charge is 2.18. The number of carbonyl (C=O) groups is 2. The lowest BCUT2D eigenvalue weighted by Gasteiger charge is -2.11. The number of carbonyl (C=O) groups excluding carboxylic acids is 2. The molecule has 0 heterocycles. The minimum atomic E-state index is -3.29. The van der Waals surface area contributed by atoms with Crippen LogP contribution in [-0.2, 0) is 23.2 Å². The van der Waals surface area contributed by atoms with Crippen LogP contribution in [0, 0.1) is 10.1 Å². The molecule has 0 atom stereocenters. The Morgan fingerprint density at radius 1 is 1.34 bits per heavy atom. The molecule has 0 bridgehead atoms. The van der Waals surface area contributed by atoms with Gasteiger partial charge < -0.3 is 14.3 Å². The summed E-state index contributed by atoms with van der Waals surface area (Å²) in [6, 6.07) is 3.66. The van der Waals surface area contributed by atoms with Crippen molar-refractivity contribution in [2.24, 2.45) is 5.11 Å². The zero-order chi connectivity index (χ0) is 21.9. The van der Waals surface area contributed by atoms with Gasteiger partial charge in [-0.25, -0.2) is 13.2 Å². The second-order valence-electron chi connectivity index (χ2n) is 5.17. The van der Waals surface area contributed by atoms with E-state index >= 15 is 0 Å². The Kier molecular flexibility index (Phi) is 9.71. The van der Waals surface area contributed by atoms with Crippen molar-refractivity contribution in [3.05, 3.63) is 44.3 Å². The van der Waals surface area contributed by atoms with Gasteiger partial charge in [0.2, 0.25) is 0 Å². The second kappa shape index (κ2) is 11.7. The van der Waals surface area contributed by atoms with Crippen molar-refractivity contribution < 1.29 is 37.4 Å². The molecule has 0 aliphatic heterocycles. The second-order valence-corrected chi connectivity index (χ2v) is 9.74. The SMILES string of the molecule is CS(=O)(=O)SCCOC(=O)c1cc(N=[N+]=[N-])ccc1OC(=O)CCCO[N+](=O)[O-]. The highest BCUT2D eigenvalue weighted by atomic mass is 33.1. The van der Waals surface area contributed by atoms with Crippen LogP contribution in [0.1, 0.15) is 23.2 Å². The Morgan fingerprint density at radius 3 is 2.69 bits per heavy atom. The third kappa shape index (κ3) is 10.2. The first kappa shape index (κ1) is 24.0. The number of rotatable bonds is 12. The van der Waals surface area contributed by atoms with E-state index in [2.05, 4.69) is 14.9 Å². The van der Waals surface area contributed by atoms with E-state index in [1.165, 1.54) is 12.1 Å². The summed E-state index contributed by atoms with van der Waals surface area (Å²) in [6.45, 7) is -0.529. The Morgan fingerprint density at radius 2 is 2.07 bits per heavy atom. The third-order valence-corrected chi connectivity index (χ3v) is 5.45. The van der Waals surface area contributed by atoms with Crippen LogP contribution in [0.15, 0.2) is 23.3 Å². The van der Waals surface area contributed by atoms with Crippen LogP contribution in [0.25, 0.3) is 10.4 Å². The summed E-state index contributed by atoms with van der Waals surface area (Å²) in [7, 11) is -2.70. The van der Waals surface area contributed by atoms with Crippen LogP contribution in [0.2, 0.25) is 0 Å². The third-order valence-electron chi connectivity index (χ3n) is 2.90. The Balaban J connectivity index is 2.80. The summed E-state index contributed by atoms with van der Waals surface area (Å²) in [6.07, 6.45) is 0.807. The zero-order valence-electron chi connectivity index (χ0n) is 15.0. The van der Waals surface area contributed by atoms with E-state index in [9.17, 15) is 28.1 Å². The maximum absolute atomic E-state index is 12.3. The molecule has 0 aromatic heterocycles. The first-order valence-corrected chi connectivity index (χ1v) is 11.2. The fourth-order valence-corrected chi connectivity index (χ4v) is 3.37. The van der Waals surface area contributed by atoms with Gasteiger partial charge in [-0.2, -0.15) is 0 Å². The smallest absolute Gasteiger partial charge is 0.341 e. The summed E-state index contributed by atoms with van der Waals surface area (Å²) >= 11 is 0. The van der Waals surface area contributed by atoms with Crippen molar-refractivity contribution in [2.75, 3.05) is 25.2 Å². The summed E-state index contributed by atoms with van der Waals surface area (Å²) in [5, 5.41) is 12.4. The predicted octanol–water partition coefficient (Wildman–Crippen LogP) is 2.37. The molecule has 0 amide bonds. The highest BCUT2D eigenvalue weighted by Crippen LogP contribution is 2.26. The number of ether oxygens (including phenoxy) is 2. The lowest BCUT2D eigenvalue weighted by molar-refractivity contribution is -0.757. The lowest BCUT2D eigenvalue weighted by Crippen LogP contribution is -2.14. The molecular formula is C14H16N4O9S2. The molecule has 29 heavy (non-hydrogen) atoms. The molecule has 0 N–H and O–H groups in total. The van der Waals surface area contributed by atoms with Gasteiger partial charge in [0.1, 0.15) is 17.9 Å². The van der Waals surface area contributed by atoms with E-state index in [0.717, 1.165) is 12.3 Å². The quantitative estimate of drug-likeness (QED) is 0.0528. The summed E-state index contributed by atoms with van der Waals surface area (Å²) in [4.78, 5) is 40.8. The zero-order valence-corrected chi connectivity index (χ0v) is 16.7. The maximum Gasteiger partial charge on any atom is 0.341 e. The van der Waals surface area contributed by atoms with Crippen molar-refractivity contribution in [2.45, 2.75) is 12.8 Å². The number of benzene rings is 1. The Labute approximate surface area is 168 Å². The minimum Gasteiger partial charge on any atom is -0.461 e. The minimum absolute atomic E-state index is 0.00776. The average Bonchev–Trinajstić information content (AvgIpc) is 2.62. The van der Waals surface area contributed by atoms with Gasteiger partial charge in [0.05, 0.1) is 6.61 Å². The molecule has 158 valence electrons. The van der Waals surface area contributed by atoms with Gasteiger partial charge in [-0.05, 0) is 40.9 Å². The predicted molar refractivity (Wildman–Crippen MR) is 101 cm³/mol. The van der Waals surface area contributed by atoms with Crippen molar-refractivity contribution in [1.82, 2.24) is 0 Å². The Bertz CT molecular complexity index is 914. The van der Waals surface area contributed by atoms with Crippen molar-refractivity contribution in [3.8, 4) is 5.75 Å². The van der Waals surface area contributed by atoms with E-state index in [0.29, 0.717) is 10.8 Å². The van der Waals surface area contributed by atoms with Gasteiger partial charge in [-0.3, -0.25) is 4.79 Å². The largest absolute Gasteiger partial charge is 0.461 e. The average molecular weight is 448 g/mol. The summed E-state index contributed by atoms with van der Waals surface area (Å²) < 4.78 is 32.1. The molecule has 0 aliphatic carbocycles. The van der Waals surface area contributed by atoms with E-state index in [4.69, 9.17) is 15.0 Å². The number of hydrogen-bond acceptors (Lipinski definition) is 11. The number of azide groups is 1. The first-order valence-electron chi connectivity index (χ1n) is 7.81. The molecule has 1 rings (SSSR count). The molecule has 0 radical (unpaired) electrons. The van der Waals surface area contributed by atoms with Gasteiger partial charge in [-0.15, -0.1) is 10.1 Å². The number of esters is 2. The van der Waals surface area contributed by atoms with Crippen LogP contribution in [-0.4, -0.2) is 50.7 Å². The molecule has 0 saturated carbocycles. The number of hydrogen-bond donors (Lipinski definition) is 0. The van der Waals surface area contributed by atoms with E-state index < -0.39 is 25.9 Å². The standard InChI is InChI=1S/C14H16N4O9S2/c1-29(23,24)28-8-7-25-14(20)11-9-10(16-17-15)4-5-12(11)27-13(19)3-2-6-26-18(21)22/h4-5,9H,2-3,6-8H2,1H3. The fourth-order valence-electron chi connectivity index (χ4n) is 1.81. The van der Waals surface area contributed by atoms with E-state index in [1.807, 2.05) is 0 Å². The first-order chi connectivity index (χ1) is 13.6. The van der Waals surface area contributed by atoms with Gasteiger partial charge in [-0.1, -0.05) is 5.11 Å². The molecule has 0 fully saturated rings. The van der Waals surface area contributed by atoms with Gasteiger partial charge in [0.15, 0.2) is 8.87 Å². The molecule has 0 unspecified atom stereocenters. The molecule has 0 saturated heterocycles. The fraction of sp³-hybridized carbons (Fsp3) is 0.429. The molecule has 13 nitrogen and oxygen atoms in total. The highest BCUT2D eigenvalue weighted by molar-refractivity contribution is 8.71. The van der Waals surface area contributed by atoms with Crippen molar-refractivity contribution >= 4 is 37.3 Å². The molecule has 0 spiro atoms. The van der Waals surface area contributed by atoms with Gasteiger partial charge in [0, 0.05) is 29.0 Å². The van der Waals surface area contributed by atoms with Crippen LogP contribution in [0.3, 0.4) is 0 Å². The maximum atomic E-state index is 12.3. The van der Waals surface area contributed by atoms with Gasteiger partial charge in [0.25, 0.3) is 5.09 Å². The van der Waals surface area contributed by atoms with Gasteiger partial charge >= 0.3 is 11.9 Å². The summed E-state index contributed by atoms with van der Waals surface area (Å²) in [5.74, 6) is -1.89. The van der Waals surface area contributed by atoms with Crippen LogP contribution in [0.4, 0.5) is 5.69 Å². The molecule has 0 aliphatic rings. The van der Waals surface area contributed by atoms with E-state index in [1.54, 1.807) is 0 Å². The number of nitrogens with zero attached hydrogens (tertiary/aromatic N) is 4. The van der Waals surface area contributed by atoms with Crippen LogP contribution in [0.5, 0.6) is 5.75 Å². The van der Waals surface area contributed by atoms with Crippen molar-refractivity contribution in [3.63, 3.8) is 0 Å².